The molecule has 0 N–H and O–H groups in total. The summed E-state index contributed by atoms with van der Waals surface area (Å²) in [6, 6.07) is 69.5. The first-order valence-electron chi connectivity index (χ1n) is 30.3. The number of aromatic nitrogens is 3. The summed E-state index contributed by atoms with van der Waals surface area (Å²) in [5.41, 5.74) is 25.2. The molecule has 442 valence electrons. The minimum Gasteiger partial charge on any atom is -0.305 e. The molecule has 2 atom stereocenters. The van der Waals surface area contributed by atoms with Crippen LogP contribution in [0.4, 0.5) is 0 Å². The monoisotopic (exact) mass is 1510 g/mol. The Morgan fingerprint density at radius 2 is 0.736 bits per heavy atom. The predicted octanol–water partition coefficient (Wildman–Crippen LogP) is 23.6. The average molecular weight is 1510 g/mol. The molecule has 7 aromatic carbocycles. The largest absolute Gasteiger partial charge is 3.00 e. The zero-order chi connectivity index (χ0) is 61.0. The zero-order valence-corrected chi connectivity index (χ0v) is 59.6. The van der Waals surface area contributed by atoms with Crippen molar-refractivity contribution >= 4 is 47.8 Å². The molecule has 3 aromatic heterocycles. The van der Waals surface area contributed by atoms with E-state index in [9.17, 15) is 0 Å². The van der Waals surface area contributed by atoms with Gasteiger partial charge in [-0.2, -0.15) is 0 Å². The third-order valence-electron chi connectivity index (χ3n) is 17.7. The molecule has 1 aliphatic rings. The van der Waals surface area contributed by atoms with Crippen LogP contribution in [0.2, 0.25) is 0 Å². The van der Waals surface area contributed by atoms with Crippen molar-refractivity contribution in [3.8, 4) is 78.3 Å². The molecule has 3 heterocycles. The second kappa shape index (κ2) is 25.5. The second-order valence-corrected chi connectivity index (χ2v) is 30.5. The van der Waals surface area contributed by atoms with Gasteiger partial charge in [-0.1, -0.05) is 287 Å². The number of benzene rings is 7. The van der Waals surface area contributed by atoms with E-state index in [4.69, 9.17) is 15.0 Å². The van der Waals surface area contributed by atoms with E-state index in [1.807, 2.05) is 18.6 Å². The first-order chi connectivity index (χ1) is 40.8. The second-order valence-electron chi connectivity index (χ2n) is 27.9. The van der Waals surface area contributed by atoms with Gasteiger partial charge < -0.3 is 15.0 Å². The molecule has 2 unspecified atom stereocenters. The molecular weight excluding hydrogens is 1430 g/mol. The first-order valence-corrected chi connectivity index (χ1v) is 32.6. The molecule has 3 nitrogen and oxygen atoms in total. The van der Waals surface area contributed by atoms with Gasteiger partial charge in [0.2, 0.25) is 0 Å². The van der Waals surface area contributed by atoms with Gasteiger partial charge in [-0.3, -0.25) is 0 Å². The topological polar surface area (TPSA) is 38.7 Å². The standard InChI is InChI=1S/C80H77Br3N3.Ir/c1-49-37-74(86-48-70(49)50-19-15-14-16-20-50)51-23-28-65(71(81)41-51)64-22-18-17-21-61(64)54-38-55(62-31-26-57(77(2,3)4)44-68(62)66-29-24-52(42-72(66)82)75-46-59(33-35-84-75)79(8,9)10)40-56(39-54)63-32-27-58(78(5,6)7)45-69(63)67-30-25-53(43-73(67)83)76-47-60(34-36-85-76)80(11,12)13;/h14-22,26-37,41-48,54-56H,38-40H2,1-13H3;/q-3;+3. The number of hydrogen-bond acceptors (Lipinski definition) is 3. The van der Waals surface area contributed by atoms with Crippen molar-refractivity contribution in [1.82, 2.24) is 15.0 Å². The Morgan fingerprint density at radius 1 is 0.368 bits per heavy atom. The van der Waals surface area contributed by atoms with E-state index in [1.165, 1.54) is 61.2 Å². The van der Waals surface area contributed by atoms with Crippen molar-refractivity contribution in [3.05, 3.63) is 252 Å². The normalized spacial score (nSPS) is 15.7. The summed E-state index contributed by atoms with van der Waals surface area (Å²) in [6.45, 7) is 29.6. The molecule has 0 aliphatic heterocycles. The summed E-state index contributed by atoms with van der Waals surface area (Å²) < 4.78 is 3.08. The van der Waals surface area contributed by atoms with Crippen LogP contribution in [0.25, 0.3) is 78.3 Å². The zero-order valence-electron chi connectivity index (χ0n) is 52.4. The molecule has 0 amide bonds. The van der Waals surface area contributed by atoms with Crippen molar-refractivity contribution in [2.45, 2.75) is 149 Å². The predicted molar refractivity (Wildman–Crippen MR) is 372 cm³/mol. The minimum absolute atomic E-state index is 0. The Bertz CT molecular complexity index is 3980. The van der Waals surface area contributed by atoms with Crippen molar-refractivity contribution in [3.63, 3.8) is 0 Å². The van der Waals surface area contributed by atoms with Gasteiger partial charge in [-0.25, -0.2) is 0 Å². The molecule has 87 heavy (non-hydrogen) atoms. The van der Waals surface area contributed by atoms with Crippen molar-refractivity contribution in [1.29, 1.82) is 0 Å². The van der Waals surface area contributed by atoms with E-state index in [0.717, 1.165) is 94.3 Å². The number of rotatable bonds is 10. The van der Waals surface area contributed by atoms with E-state index < -0.39 is 0 Å². The van der Waals surface area contributed by atoms with Crippen LogP contribution in [0.15, 0.2) is 190 Å². The molecule has 10 aromatic rings. The summed E-state index contributed by atoms with van der Waals surface area (Å²) in [5, 5.41) is 0. The fourth-order valence-corrected chi connectivity index (χ4v) is 14.2. The molecule has 11 rings (SSSR count). The van der Waals surface area contributed by atoms with Gasteiger partial charge >= 0.3 is 20.1 Å². The van der Waals surface area contributed by atoms with Gasteiger partial charge in [0.05, 0.1) is 0 Å². The number of aryl methyl sites for hydroxylation is 1. The molecule has 7 heteroatoms. The van der Waals surface area contributed by atoms with Gasteiger partial charge in [0, 0.05) is 24.2 Å². The SMILES string of the molecule is Cc1cc(-c2[c-]cc(-c3ccccc3C3CC(c4ccc(C(C)(C)C)cc4-c4c[c-]c(-c5cc(C(C)(C)C)ccn5)cc4Br)CC(c4ccc(C(C)(C)C)cc4-c4c[c-]c(-c5cc(C(C)(C)C)ccn5)cc4Br)C3)c(Br)c2)ncc1-c1ccccc1.[Ir+3]. The molecule has 0 bridgehead atoms. The van der Waals surface area contributed by atoms with Crippen LogP contribution < -0.4 is 0 Å². The van der Waals surface area contributed by atoms with Crippen LogP contribution in [0.3, 0.4) is 0 Å². The number of hydrogen-bond donors (Lipinski definition) is 0. The molecule has 1 aliphatic carbocycles. The van der Waals surface area contributed by atoms with Gasteiger partial charge in [0.1, 0.15) is 0 Å². The summed E-state index contributed by atoms with van der Waals surface area (Å²) in [6.07, 6.45) is 8.76. The maximum atomic E-state index is 4.99. The van der Waals surface area contributed by atoms with E-state index in [0.29, 0.717) is 0 Å². The van der Waals surface area contributed by atoms with Crippen molar-refractivity contribution < 1.29 is 20.1 Å². The molecule has 0 radical (unpaired) electrons. The number of halogens is 3. The van der Waals surface area contributed by atoms with E-state index in [1.54, 1.807) is 0 Å². The minimum atomic E-state index is -0.0765. The van der Waals surface area contributed by atoms with Gasteiger partial charge in [-0.05, 0) is 145 Å². The molecule has 1 saturated carbocycles. The Balaban J connectivity index is 0.00000838. The summed E-state index contributed by atoms with van der Waals surface area (Å²) in [4.78, 5) is 14.7. The molecule has 0 saturated heterocycles. The summed E-state index contributed by atoms with van der Waals surface area (Å²) in [7, 11) is 0. The fourth-order valence-electron chi connectivity index (χ4n) is 12.6. The van der Waals surface area contributed by atoms with Gasteiger partial charge in [0.25, 0.3) is 0 Å². The van der Waals surface area contributed by atoms with Crippen molar-refractivity contribution in [2.75, 3.05) is 0 Å². The average Bonchev–Trinajstić information content (AvgIpc) is 0.966. The number of pyridine rings is 3. The molecule has 0 spiro atoms. The molecular formula is C80H77Br3IrN3. The Kier molecular flexibility index (Phi) is 18.8. The third-order valence-corrected chi connectivity index (χ3v) is 19.6. The first kappa shape index (κ1) is 64.1. The molecule has 1 fully saturated rings. The van der Waals surface area contributed by atoms with Gasteiger partial charge in [0.15, 0.2) is 0 Å². The maximum Gasteiger partial charge on any atom is 3.00 e. The number of nitrogens with zero attached hydrogens (tertiary/aromatic N) is 3. The van der Waals surface area contributed by atoms with E-state index in [-0.39, 0.29) is 59.5 Å². The van der Waals surface area contributed by atoms with Crippen LogP contribution in [-0.4, -0.2) is 15.0 Å². The van der Waals surface area contributed by atoms with Crippen LogP contribution >= 0.6 is 47.8 Å². The third kappa shape index (κ3) is 13.9. The maximum absolute atomic E-state index is 4.99. The fraction of sp³-hybridized carbons (Fsp3) is 0.287. The van der Waals surface area contributed by atoms with Crippen LogP contribution in [0.5, 0.6) is 0 Å². The van der Waals surface area contributed by atoms with Gasteiger partial charge in [-0.15, -0.1) is 71.3 Å². The van der Waals surface area contributed by atoms with E-state index >= 15 is 0 Å². The van der Waals surface area contributed by atoms with Crippen LogP contribution in [0, 0.1) is 25.1 Å². The van der Waals surface area contributed by atoms with E-state index in [2.05, 4.69) is 314 Å². The Hall–Kier alpha value is -5.92. The quantitative estimate of drug-likeness (QED) is 0.128. The Morgan fingerprint density at radius 3 is 1.14 bits per heavy atom. The Labute approximate surface area is 557 Å². The van der Waals surface area contributed by atoms with Crippen LogP contribution in [0.1, 0.15) is 165 Å². The van der Waals surface area contributed by atoms with Crippen LogP contribution in [-0.2, 0) is 41.8 Å². The smallest absolute Gasteiger partial charge is 0.305 e. The van der Waals surface area contributed by atoms with Crippen molar-refractivity contribution in [2.24, 2.45) is 0 Å². The summed E-state index contributed by atoms with van der Waals surface area (Å²) >= 11 is 12.5. The summed E-state index contributed by atoms with van der Waals surface area (Å²) in [5.74, 6) is 0.567.